The van der Waals surface area contributed by atoms with Crippen LogP contribution in [-0.4, -0.2) is 23.9 Å². The van der Waals surface area contributed by atoms with Gasteiger partial charge in [-0.25, -0.2) is 0 Å². The van der Waals surface area contributed by atoms with Crippen LogP contribution in [0.4, 0.5) is 0 Å². The van der Waals surface area contributed by atoms with Crippen molar-refractivity contribution in [2.75, 3.05) is 13.1 Å². The number of halogens is 1. The van der Waals surface area contributed by atoms with E-state index in [-0.39, 0.29) is 11.3 Å². The van der Waals surface area contributed by atoms with Gasteiger partial charge in [-0.1, -0.05) is 32.4 Å². The number of thiophene rings is 1. The van der Waals surface area contributed by atoms with Crippen molar-refractivity contribution in [1.29, 1.82) is 0 Å². The quantitative estimate of drug-likeness (QED) is 0.703. The minimum absolute atomic E-state index is 0.140. The highest BCUT2D eigenvalue weighted by Gasteiger charge is 2.24. The summed E-state index contributed by atoms with van der Waals surface area (Å²) in [4.78, 5) is 14.2. The summed E-state index contributed by atoms with van der Waals surface area (Å²) in [5.41, 5.74) is 2.47. The normalized spacial score (nSPS) is 16.7. The number of hydrogen-bond acceptors (Lipinski definition) is 2. The fourth-order valence-electron chi connectivity index (χ4n) is 2.14. The summed E-state index contributed by atoms with van der Waals surface area (Å²) >= 11 is 4.95. The van der Waals surface area contributed by atoms with Crippen LogP contribution >= 0.6 is 27.3 Å². The molecule has 2 heterocycles. The third-order valence-corrected chi connectivity index (χ3v) is 4.78. The van der Waals surface area contributed by atoms with E-state index in [0.717, 1.165) is 28.9 Å². The summed E-state index contributed by atoms with van der Waals surface area (Å²) in [6, 6.07) is 1.90. The third kappa shape index (κ3) is 3.04. The Morgan fingerprint density at radius 3 is 2.61 bits per heavy atom. The van der Waals surface area contributed by atoms with E-state index in [9.17, 15) is 4.79 Å². The molecule has 1 aliphatic rings. The largest absolute Gasteiger partial charge is 0.335 e. The molecule has 0 saturated carbocycles. The third-order valence-electron chi connectivity index (χ3n) is 3.27. The van der Waals surface area contributed by atoms with E-state index in [1.807, 2.05) is 16.3 Å². The summed E-state index contributed by atoms with van der Waals surface area (Å²) in [5.74, 6) is 0.140. The van der Waals surface area contributed by atoms with Gasteiger partial charge in [0.25, 0.3) is 5.91 Å². The monoisotopic (exact) mass is 327 g/mol. The molecule has 1 aromatic rings. The maximum atomic E-state index is 12.3. The van der Waals surface area contributed by atoms with Crippen molar-refractivity contribution in [3.8, 4) is 0 Å². The summed E-state index contributed by atoms with van der Waals surface area (Å²) in [5, 5.41) is 1.91. The number of hydrogen-bond donors (Lipinski definition) is 0. The van der Waals surface area contributed by atoms with Gasteiger partial charge in [0.05, 0.1) is 9.35 Å². The summed E-state index contributed by atoms with van der Waals surface area (Å²) in [6.45, 7) is 8.25. The predicted octanol–water partition coefficient (Wildman–Crippen LogP) is 4.33. The molecule has 0 saturated heterocycles. The molecule has 18 heavy (non-hydrogen) atoms. The van der Waals surface area contributed by atoms with Gasteiger partial charge in [0.15, 0.2) is 0 Å². The van der Waals surface area contributed by atoms with E-state index < -0.39 is 0 Å². The first-order valence-corrected chi connectivity index (χ1v) is 7.78. The summed E-state index contributed by atoms with van der Waals surface area (Å²) < 4.78 is 1.01. The van der Waals surface area contributed by atoms with Gasteiger partial charge < -0.3 is 4.90 Å². The molecule has 98 valence electrons. The Kier molecular flexibility index (Phi) is 3.97. The van der Waals surface area contributed by atoms with Crippen LogP contribution in [0.5, 0.6) is 0 Å². The van der Waals surface area contributed by atoms with Crippen molar-refractivity contribution in [2.24, 2.45) is 5.41 Å². The van der Waals surface area contributed by atoms with Gasteiger partial charge in [-0.2, -0.15) is 0 Å². The first-order valence-electron chi connectivity index (χ1n) is 6.11. The average molecular weight is 328 g/mol. The zero-order valence-corrected chi connectivity index (χ0v) is 13.4. The van der Waals surface area contributed by atoms with Gasteiger partial charge in [-0.05, 0) is 33.8 Å². The molecule has 1 aliphatic heterocycles. The fourth-order valence-corrected chi connectivity index (χ4v) is 3.27. The van der Waals surface area contributed by atoms with Gasteiger partial charge in [0.1, 0.15) is 0 Å². The van der Waals surface area contributed by atoms with E-state index in [1.165, 1.54) is 5.57 Å². The zero-order chi connectivity index (χ0) is 13.3. The van der Waals surface area contributed by atoms with Gasteiger partial charge in [0.2, 0.25) is 0 Å². The van der Waals surface area contributed by atoms with Gasteiger partial charge in [-0.15, -0.1) is 11.3 Å². The van der Waals surface area contributed by atoms with Crippen molar-refractivity contribution < 1.29 is 4.79 Å². The molecule has 0 atom stereocenters. The molecule has 0 fully saturated rings. The van der Waals surface area contributed by atoms with Crippen LogP contribution in [0.15, 0.2) is 26.9 Å². The molecular weight excluding hydrogens is 310 g/mol. The smallest absolute Gasteiger partial charge is 0.255 e. The summed E-state index contributed by atoms with van der Waals surface area (Å²) in [7, 11) is 0. The van der Waals surface area contributed by atoms with Crippen molar-refractivity contribution in [2.45, 2.75) is 27.2 Å². The van der Waals surface area contributed by atoms with Gasteiger partial charge in [-0.3, -0.25) is 4.79 Å². The molecule has 1 amide bonds. The Hall–Kier alpha value is -0.610. The van der Waals surface area contributed by atoms with Crippen LogP contribution in [0.1, 0.15) is 37.6 Å². The second-order valence-corrected chi connectivity index (χ2v) is 7.91. The number of carbonyl (C=O) groups excluding carboxylic acids is 1. The number of amides is 1. The Balaban J connectivity index is 2.06. The Bertz CT molecular complexity index is 484. The van der Waals surface area contributed by atoms with E-state index in [1.54, 1.807) is 11.3 Å². The van der Waals surface area contributed by atoms with E-state index in [0.29, 0.717) is 0 Å². The molecule has 0 aromatic carbocycles. The minimum atomic E-state index is 0.140. The molecule has 4 heteroatoms. The molecule has 0 bridgehead atoms. The van der Waals surface area contributed by atoms with Gasteiger partial charge in [0, 0.05) is 18.5 Å². The van der Waals surface area contributed by atoms with Crippen LogP contribution in [-0.2, 0) is 0 Å². The van der Waals surface area contributed by atoms with Crippen molar-refractivity contribution in [3.63, 3.8) is 0 Å². The molecule has 0 N–H and O–H groups in total. The van der Waals surface area contributed by atoms with Crippen LogP contribution in [0.2, 0.25) is 0 Å². The lowest BCUT2D eigenvalue weighted by molar-refractivity contribution is 0.0765. The fraction of sp³-hybridized carbons (Fsp3) is 0.500. The molecule has 0 unspecified atom stereocenters. The molecule has 0 spiro atoms. The molecular formula is C14H18BrNOS. The highest BCUT2D eigenvalue weighted by Crippen LogP contribution is 2.30. The maximum Gasteiger partial charge on any atom is 0.255 e. The first kappa shape index (κ1) is 13.8. The van der Waals surface area contributed by atoms with Gasteiger partial charge >= 0.3 is 0 Å². The standard InChI is InChI=1S/C14H18BrNOS/c1-14(2,3)11-4-6-16(7-5-11)13(17)10-8-12(15)18-9-10/h4,8-9H,5-7H2,1-3H3. The van der Waals surface area contributed by atoms with E-state index in [2.05, 4.69) is 42.8 Å². The van der Waals surface area contributed by atoms with Crippen molar-refractivity contribution in [1.82, 2.24) is 4.90 Å². The SMILES string of the molecule is CC(C)(C)C1=CCN(C(=O)c2csc(Br)c2)CC1. The van der Waals surface area contributed by atoms with E-state index >= 15 is 0 Å². The lowest BCUT2D eigenvalue weighted by atomic mass is 9.83. The highest BCUT2D eigenvalue weighted by molar-refractivity contribution is 9.11. The molecule has 2 nitrogen and oxygen atoms in total. The molecule has 2 rings (SSSR count). The Labute approximate surface area is 121 Å². The number of carbonyl (C=O) groups is 1. The van der Waals surface area contributed by atoms with Crippen LogP contribution < -0.4 is 0 Å². The first-order chi connectivity index (χ1) is 8.38. The second-order valence-electron chi connectivity index (χ2n) is 5.62. The predicted molar refractivity (Wildman–Crippen MR) is 80.1 cm³/mol. The van der Waals surface area contributed by atoms with E-state index in [4.69, 9.17) is 0 Å². The Morgan fingerprint density at radius 1 is 1.44 bits per heavy atom. The topological polar surface area (TPSA) is 20.3 Å². The second kappa shape index (κ2) is 5.17. The Morgan fingerprint density at radius 2 is 2.17 bits per heavy atom. The highest BCUT2D eigenvalue weighted by atomic mass is 79.9. The minimum Gasteiger partial charge on any atom is -0.335 e. The molecule has 0 aliphatic carbocycles. The lowest BCUT2D eigenvalue weighted by Gasteiger charge is -2.32. The number of rotatable bonds is 1. The lowest BCUT2D eigenvalue weighted by Crippen LogP contribution is -2.36. The van der Waals surface area contributed by atoms with Crippen molar-refractivity contribution >= 4 is 33.2 Å². The van der Waals surface area contributed by atoms with Crippen LogP contribution in [0, 0.1) is 5.41 Å². The van der Waals surface area contributed by atoms with Crippen LogP contribution in [0.25, 0.3) is 0 Å². The number of nitrogens with zero attached hydrogens (tertiary/aromatic N) is 1. The maximum absolute atomic E-state index is 12.3. The molecule has 0 radical (unpaired) electrons. The van der Waals surface area contributed by atoms with Crippen molar-refractivity contribution in [3.05, 3.63) is 32.4 Å². The average Bonchev–Trinajstić information content (AvgIpc) is 2.74. The zero-order valence-electron chi connectivity index (χ0n) is 11.0. The van der Waals surface area contributed by atoms with Crippen LogP contribution in [0.3, 0.4) is 0 Å². The molecule has 1 aromatic heterocycles. The summed E-state index contributed by atoms with van der Waals surface area (Å²) in [6.07, 6.45) is 3.20.